The minimum atomic E-state index is 0.135. The standard InChI is InChI=1S/C13H17BrN4S2/c1-8(15)6-9-7-10(14)4-5-11(9)19-13-17-16-12(20-13)18(2)3/h4-5,7-8H,6,15H2,1-3H3. The van der Waals surface area contributed by atoms with Crippen LogP contribution in [0.2, 0.25) is 0 Å². The molecule has 1 aromatic heterocycles. The van der Waals surface area contributed by atoms with Gasteiger partial charge in [-0.25, -0.2) is 0 Å². The normalized spacial score (nSPS) is 12.4. The van der Waals surface area contributed by atoms with Gasteiger partial charge in [-0.3, -0.25) is 0 Å². The van der Waals surface area contributed by atoms with E-state index >= 15 is 0 Å². The summed E-state index contributed by atoms with van der Waals surface area (Å²) in [5, 5.41) is 9.30. The maximum atomic E-state index is 5.92. The Morgan fingerprint density at radius 3 is 2.75 bits per heavy atom. The van der Waals surface area contributed by atoms with Crippen molar-refractivity contribution in [2.45, 2.75) is 28.6 Å². The second-order valence-corrected chi connectivity index (χ2v) is 7.94. The average molecular weight is 373 g/mol. The van der Waals surface area contributed by atoms with Gasteiger partial charge in [0.1, 0.15) is 0 Å². The van der Waals surface area contributed by atoms with E-state index in [1.165, 1.54) is 10.5 Å². The Kier molecular flexibility index (Phi) is 5.42. The predicted molar refractivity (Wildman–Crippen MR) is 89.9 cm³/mol. The van der Waals surface area contributed by atoms with Crippen LogP contribution in [-0.4, -0.2) is 30.3 Å². The van der Waals surface area contributed by atoms with Crippen molar-refractivity contribution < 1.29 is 0 Å². The first kappa shape index (κ1) is 15.8. The average Bonchev–Trinajstić information content (AvgIpc) is 2.80. The third-order valence-electron chi connectivity index (χ3n) is 2.54. The van der Waals surface area contributed by atoms with Gasteiger partial charge in [-0.15, -0.1) is 10.2 Å². The monoisotopic (exact) mass is 372 g/mol. The molecule has 7 heteroatoms. The molecule has 2 aromatic rings. The number of aromatic nitrogens is 2. The molecule has 0 spiro atoms. The quantitative estimate of drug-likeness (QED) is 0.871. The Balaban J connectivity index is 2.23. The Bertz CT molecular complexity index is 584. The van der Waals surface area contributed by atoms with Gasteiger partial charge in [-0.05, 0) is 37.1 Å². The predicted octanol–water partition coefficient (Wildman–Crippen LogP) is 3.41. The molecule has 1 heterocycles. The van der Waals surface area contributed by atoms with Crippen molar-refractivity contribution in [3.63, 3.8) is 0 Å². The van der Waals surface area contributed by atoms with Crippen LogP contribution in [0.15, 0.2) is 31.9 Å². The maximum Gasteiger partial charge on any atom is 0.208 e. The van der Waals surface area contributed by atoms with Gasteiger partial charge < -0.3 is 10.6 Å². The number of anilines is 1. The highest BCUT2D eigenvalue weighted by Crippen LogP contribution is 2.35. The van der Waals surface area contributed by atoms with Crippen LogP contribution in [0.1, 0.15) is 12.5 Å². The van der Waals surface area contributed by atoms with Crippen molar-refractivity contribution in [3.05, 3.63) is 28.2 Å². The fourth-order valence-corrected chi connectivity index (χ4v) is 3.92. The van der Waals surface area contributed by atoms with Crippen LogP contribution in [0.4, 0.5) is 5.13 Å². The molecule has 2 rings (SSSR count). The van der Waals surface area contributed by atoms with Crippen molar-refractivity contribution in [2.75, 3.05) is 19.0 Å². The lowest BCUT2D eigenvalue weighted by Gasteiger charge is -2.10. The first-order valence-electron chi connectivity index (χ1n) is 6.18. The minimum absolute atomic E-state index is 0.135. The van der Waals surface area contributed by atoms with Crippen LogP contribution in [0.3, 0.4) is 0 Å². The number of nitrogens with two attached hydrogens (primary N) is 1. The van der Waals surface area contributed by atoms with Crippen LogP contribution in [0, 0.1) is 0 Å². The number of hydrogen-bond acceptors (Lipinski definition) is 6. The second kappa shape index (κ2) is 6.89. The smallest absolute Gasteiger partial charge is 0.208 e. The molecular weight excluding hydrogens is 356 g/mol. The largest absolute Gasteiger partial charge is 0.353 e. The van der Waals surface area contributed by atoms with E-state index in [2.05, 4.69) is 38.3 Å². The fourth-order valence-electron chi connectivity index (χ4n) is 1.67. The number of nitrogens with zero attached hydrogens (tertiary/aromatic N) is 3. The minimum Gasteiger partial charge on any atom is -0.353 e. The summed E-state index contributed by atoms with van der Waals surface area (Å²) >= 11 is 6.75. The van der Waals surface area contributed by atoms with E-state index in [1.54, 1.807) is 23.1 Å². The van der Waals surface area contributed by atoms with E-state index < -0.39 is 0 Å². The summed E-state index contributed by atoms with van der Waals surface area (Å²) in [6.45, 7) is 2.02. The molecular formula is C13H17BrN4S2. The molecule has 20 heavy (non-hydrogen) atoms. The highest BCUT2D eigenvalue weighted by atomic mass is 79.9. The molecule has 0 saturated carbocycles. The zero-order valence-corrected chi connectivity index (χ0v) is 14.8. The van der Waals surface area contributed by atoms with E-state index in [-0.39, 0.29) is 6.04 Å². The zero-order valence-electron chi connectivity index (χ0n) is 11.6. The molecule has 0 fully saturated rings. The summed E-state index contributed by atoms with van der Waals surface area (Å²) in [5.41, 5.74) is 7.16. The summed E-state index contributed by atoms with van der Waals surface area (Å²) in [6, 6.07) is 6.40. The van der Waals surface area contributed by atoms with Gasteiger partial charge in [0.2, 0.25) is 5.13 Å². The number of benzene rings is 1. The Hall–Kier alpha value is -0.630. The molecule has 1 atom stereocenters. The third-order valence-corrected chi connectivity index (χ3v) is 5.29. The van der Waals surface area contributed by atoms with Crippen molar-refractivity contribution in [1.82, 2.24) is 10.2 Å². The Morgan fingerprint density at radius 1 is 1.40 bits per heavy atom. The lowest BCUT2D eigenvalue weighted by molar-refractivity contribution is 0.729. The SMILES string of the molecule is CC(N)Cc1cc(Br)ccc1Sc1nnc(N(C)C)s1. The molecule has 1 unspecified atom stereocenters. The summed E-state index contributed by atoms with van der Waals surface area (Å²) in [6.07, 6.45) is 0.848. The van der Waals surface area contributed by atoms with Crippen LogP contribution < -0.4 is 10.6 Å². The van der Waals surface area contributed by atoms with Crippen LogP contribution in [0.25, 0.3) is 0 Å². The van der Waals surface area contributed by atoms with Gasteiger partial charge in [0.25, 0.3) is 0 Å². The Morgan fingerprint density at radius 2 is 2.15 bits per heavy atom. The van der Waals surface area contributed by atoms with Crippen LogP contribution >= 0.6 is 39.0 Å². The first-order valence-corrected chi connectivity index (χ1v) is 8.61. The van der Waals surface area contributed by atoms with Gasteiger partial charge in [-0.1, -0.05) is 39.0 Å². The first-order chi connectivity index (χ1) is 9.45. The topological polar surface area (TPSA) is 55.0 Å². The Labute approximate surface area is 135 Å². The molecule has 2 N–H and O–H groups in total. The fraction of sp³-hybridized carbons (Fsp3) is 0.385. The lowest BCUT2D eigenvalue weighted by Crippen LogP contribution is -2.18. The van der Waals surface area contributed by atoms with E-state index in [9.17, 15) is 0 Å². The molecule has 1 aromatic carbocycles. The van der Waals surface area contributed by atoms with Crippen molar-refractivity contribution in [2.24, 2.45) is 5.73 Å². The van der Waals surface area contributed by atoms with Crippen molar-refractivity contribution in [1.29, 1.82) is 0 Å². The van der Waals surface area contributed by atoms with Gasteiger partial charge in [0.15, 0.2) is 4.34 Å². The van der Waals surface area contributed by atoms with E-state index in [0.717, 1.165) is 20.4 Å². The van der Waals surface area contributed by atoms with Crippen LogP contribution in [-0.2, 0) is 6.42 Å². The third kappa shape index (κ3) is 4.18. The number of rotatable bonds is 5. The van der Waals surface area contributed by atoms with Crippen molar-refractivity contribution in [3.8, 4) is 0 Å². The van der Waals surface area contributed by atoms with Gasteiger partial charge in [-0.2, -0.15) is 0 Å². The molecule has 0 aliphatic carbocycles. The molecule has 0 bridgehead atoms. The highest BCUT2D eigenvalue weighted by Gasteiger charge is 2.11. The second-order valence-electron chi connectivity index (χ2n) is 4.78. The van der Waals surface area contributed by atoms with Crippen molar-refractivity contribution >= 4 is 44.2 Å². The summed E-state index contributed by atoms with van der Waals surface area (Å²) < 4.78 is 2.02. The number of halogens is 1. The van der Waals surface area contributed by atoms with E-state index in [0.29, 0.717) is 0 Å². The molecule has 0 aliphatic heterocycles. The lowest BCUT2D eigenvalue weighted by atomic mass is 10.1. The van der Waals surface area contributed by atoms with Gasteiger partial charge in [0.05, 0.1) is 0 Å². The van der Waals surface area contributed by atoms with E-state index in [1.807, 2.05) is 32.0 Å². The van der Waals surface area contributed by atoms with Crippen LogP contribution in [0.5, 0.6) is 0 Å². The maximum absolute atomic E-state index is 5.92. The summed E-state index contributed by atoms with van der Waals surface area (Å²) in [4.78, 5) is 3.15. The molecule has 108 valence electrons. The summed E-state index contributed by atoms with van der Waals surface area (Å²) in [7, 11) is 3.94. The van der Waals surface area contributed by atoms with E-state index in [4.69, 9.17) is 5.73 Å². The summed E-state index contributed by atoms with van der Waals surface area (Å²) in [5.74, 6) is 0. The molecule has 0 radical (unpaired) electrons. The molecule has 0 aliphatic rings. The highest BCUT2D eigenvalue weighted by molar-refractivity contribution is 9.10. The number of hydrogen-bond donors (Lipinski definition) is 1. The molecule has 0 amide bonds. The molecule has 0 saturated heterocycles. The van der Waals surface area contributed by atoms with Gasteiger partial charge >= 0.3 is 0 Å². The zero-order chi connectivity index (χ0) is 14.7. The van der Waals surface area contributed by atoms with Gasteiger partial charge in [0, 0.05) is 29.5 Å². The molecule has 4 nitrogen and oxygen atoms in total.